The van der Waals surface area contributed by atoms with Crippen molar-refractivity contribution in [3.05, 3.63) is 71.5 Å². The normalized spacial score (nSPS) is 14.6. The standard InChI is InChI=1S/C18H15NO4/c1-23-14-10-6-5-9-13(14)15-16(20)18(22)19(17(15)21)11-12-7-3-2-4-8-12/h2-10,20H,11H2,1H3. The second kappa shape index (κ2) is 5.96. The second-order valence-electron chi connectivity index (χ2n) is 5.11. The van der Waals surface area contributed by atoms with Gasteiger partial charge in [-0.25, -0.2) is 0 Å². The average molecular weight is 309 g/mol. The Labute approximate surface area is 133 Å². The first kappa shape index (κ1) is 14.8. The highest BCUT2D eigenvalue weighted by molar-refractivity contribution is 6.35. The van der Waals surface area contributed by atoms with Crippen molar-refractivity contribution in [2.45, 2.75) is 6.54 Å². The lowest BCUT2D eigenvalue weighted by atomic mass is 10.0. The van der Waals surface area contributed by atoms with E-state index >= 15 is 0 Å². The molecule has 0 spiro atoms. The number of carbonyl (C=O) groups is 2. The number of aliphatic hydroxyl groups excluding tert-OH is 1. The molecule has 0 saturated heterocycles. The minimum Gasteiger partial charge on any atom is -0.502 e. The summed E-state index contributed by atoms with van der Waals surface area (Å²) in [6.45, 7) is 0.112. The number of imide groups is 1. The van der Waals surface area contributed by atoms with Gasteiger partial charge in [-0.1, -0.05) is 48.5 Å². The number of aliphatic hydroxyl groups is 1. The van der Waals surface area contributed by atoms with Crippen LogP contribution in [0.25, 0.3) is 5.57 Å². The molecule has 1 aliphatic heterocycles. The topological polar surface area (TPSA) is 66.8 Å². The molecule has 5 heteroatoms. The van der Waals surface area contributed by atoms with E-state index in [0.717, 1.165) is 10.5 Å². The Balaban J connectivity index is 1.97. The van der Waals surface area contributed by atoms with Crippen molar-refractivity contribution in [2.24, 2.45) is 0 Å². The molecule has 0 atom stereocenters. The quantitative estimate of drug-likeness (QED) is 0.881. The molecule has 23 heavy (non-hydrogen) atoms. The van der Waals surface area contributed by atoms with Gasteiger partial charge in [-0.05, 0) is 11.6 Å². The summed E-state index contributed by atoms with van der Waals surface area (Å²) in [4.78, 5) is 25.9. The van der Waals surface area contributed by atoms with Gasteiger partial charge in [-0.3, -0.25) is 14.5 Å². The highest BCUT2D eigenvalue weighted by Crippen LogP contribution is 2.34. The van der Waals surface area contributed by atoms with Gasteiger partial charge in [0, 0.05) is 5.56 Å². The summed E-state index contributed by atoms with van der Waals surface area (Å²) in [7, 11) is 1.47. The molecule has 0 aliphatic carbocycles. The Morgan fingerprint density at radius 2 is 1.61 bits per heavy atom. The molecule has 0 radical (unpaired) electrons. The first-order chi connectivity index (χ1) is 11.1. The van der Waals surface area contributed by atoms with Gasteiger partial charge in [0.1, 0.15) is 5.75 Å². The van der Waals surface area contributed by atoms with Crippen molar-refractivity contribution in [1.82, 2.24) is 4.90 Å². The number of benzene rings is 2. The number of rotatable bonds is 4. The molecule has 0 unspecified atom stereocenters. The lowest BCUT2D eigenvalue weighted by Gasteiger charge is -2.15. The summed E-state index contributed by atoms with van der Waals surface area (Å²) in [5.41, 5.74) is 1.19. The molecule has 1 aliphatic rings. The number of para-hydroxylation sites is 1. The molecule has 3 rings (SSSR count). The second-order valence-corrected chi connectivity index (χ2v) is 5.11. The van der Waals surface area contributed by atoms with Crippen LogP contribution in [0.2, 0.25) is 0 Å². The van der Waals surface area contributed by atoms with Gasteiger partial charge in [-0.2, -0.15) is 0 Å². The fraction of sp³-hybridized carbons (Fsp3) is 0.111. The van der Waals surface area contributed by atoms with Crippen molar-refractivity contribution < 1.29 is 19.4 Å². The monoisotopic (exact) mass is 309 g/mol. The van der Waals surface area contributed by atoms with Gasteiger partial charge in [0.25, 0.3) is 11.8 Å². The van der Waals surface area contributed by atoms with E-state index in [1.165, 1.54) is 7.11 Å². The summed E-state index contributed by atoms with van der Waals surface area (Å²) >= 11 is 0. The first-order valence-electron chi connectivity index (χ1n) is 7.10. The molecular formula is C18H15NO4. The fourth-order valence-electron chi connectivity index (χ4n) is 2.57. The van der Waals surface area contributed by atoms with Crippen molar-refractivity contribution in [2.75, 3.05) is 7.11 Å². The van der Waals surface area contributed by atoms with Crippen molar-refractivity contribution in [1.29, 1.82) is 0 Å². The molecule has 0 fully saturated rings. The lowest BCUT2D eigenvalue weighted by Crippen LogP contribution is -2.31. The zero-order chi connectivity index (χ0) is 16.4. The fourth-order valence-corrected chi connectivity index (χ4v) is 2.57. The minimum atomic E-state index is -0.695. The molecule has 0 saturated carbocycles. The Hall–Kier alpha value is -3.08. The molecule has 2 aromatic rings. The number of carbonyl (C=O) groups excluding carboxylic acids is 2. The predicted octanol–water partition coefficient (Wildman–Crippen LogP) is 2.53. The lowest BCUT2D eigenvalue weighted by molar-refractivity contribution is -0.138. The molecular weight excluding hydrogens is 294 g/mol. The highest BCUT2D eigenvalue weighted by Gasteiger charge is 2.40. The summed E-state index contributed by atoms with van der Waals surface area (Å²) in [6, 6.07) is 15.9. The zero-order valence-electron chi connectivity index (χ0n) is 12.5. The predicted molar refractivity (Wildman–Crippen MR) is 84.5 cm³/mol. The maximum atomic E-state index is 12.6. The van der Waals surface area contributed by atoms with Gasteiger partial charge in [0.2, 0.25) is 0 Å². The number of methoxy groups -OCH3 is 1. The van der Waals surface area contributed by atoms with Crippen LogP contribution in [-0.4, -0.2) is 28.9 Å². The van der Waals surface area contributed by atoms with Crippen molar-refractivity contribution in [3.63, 3.8) is 0 Å². The smallest absolute Gasteiger partial charge is 0.296 e. The van der Waals surface area contributed by atoms with E-state index in [4.69, 9.17) is 4.74 Å². The van der Waals surface area contributed by atoms with E-state index in [9.17, 15) is 14.7 Å². The van der Waals surface area contributed by atoms with Crippen LogP contribution in [0.1, 0.15) is 11.1 Å². The third-order valence-corrected chi connectivity index (χ3v) is 3.70. The van der Waals surface area contributed by atoms with Crippen molar-refractivity contribution in [3.8, 4) is 5.75 Å². The van der Waals surface area contributed by atoms with Gasteiger partial charge in [-0.15, -0.1) is 0 Å². The first-order valence-corrected chi connectivity index (χ1v) is 7.10. The van der Waals surface area contributed by atoms with Gasteiger partial charge in [0.05, 0.1) is 19.2 Å². The van der Waals surface area contributed by atoms with Gasteiger partial charge in [0.15, 0.2) is 5.76 Å². The van der Waals surface area contributed by atoms with Crippen LogP contribution in [-0.2, 0) is 16.1 Å². The molecule has 2 aromatic carbocycles. The van der Waals surface area contributed by atoms with Gasteiger partial charge >= 0.3 is 0 Å². The number of hydrogen-bond acceptors (Lipinski definition) is 4. The van der Waals surface area contributed by atoms with Gasteiger partial charge < -0.3 is 9.84 Å². The van der Waals surface area contributed by atoms with Crippen molar-refractivity contribution >= 4 is 17.4 Å². The average Bonchev–Trinajstić information content (AvgIpc) is 2.79. The van der Waals surface area contributed by atoms with Crippen LogP contribution in [0, 0.1) is 0 Å². The molecule has 116 valence electrons. The maximum Gasteiger partial charge on any atom is 0.296 e. The molecule has 1 heterocycles. The number of hydrogen-bond donors (Lipinski definition) is 1. The third kappa shape index (κ3) is 2.57. The van der Waals surface area contributed by atoms with Crippen LogP contribution in [0.5, 0.6) is 5.75 Å². The van der Waals surface area contributed by atoms with Crippen LogP contribution in [0.15, 0.2) is 60.4 Å². The van der Waals surface area contributed by atoms with E-state index in [1.807, 2.05) is 30.3 Å². The Morgan fingerprint density at radius 1 is 0.957 bits per heavy atom. The van der Waals surface area contributed by atoms with Crippen LogP contribution in [0.3, 0.4) is 0 Å². The minimum absolute atomic E-state index is 0.0246. The summed E-state index contributed by atoms with van der Waals surface area (Å²) in [5.74, 6) is -1.34. The Kier molecular flexibility index (Phi) is 3.85. The number of ether oxygens (including phenoxy) is 1. The van der Waals surface area contributed by atoms with Crippen LogP contribution < -0.4 is 4.74 Å². The van der Waals surface area contributed by atoms with E-state index in [-0.39, 0.29) is 12.1 Å². The molecule has 2 amide bonds. The third-order valence-electron chi connectivity index (χ3n) is 3.70. The van der Waals surface area contributed by atoms with E-state index < -0.39 is 17.6 Å². The Morgan fingerprint density at radius 3 is 2.30 bits per heavy atom. The largest absolute Gasteiger partial charge is 0.502 e. The van der Waals surface area contributed by atoms with E-state index in [2.05, 4.69) is 0 Å². The molecule has 1 N–H and O–H groups in total. The summed E-state index contributed by atoms with van der Waals surface area (Å²) in [6.07, 6.45) is 0. The van der Waals surface area contributed by atoms with E-state index in [0.29, 0.717) is 11.3 Å². The van der Waals surface area contributed by atoms with E-state index in [1.54, 1.807) is 24.3 Å². The summed E-state index contributed by atoms with van der Waals surface area (Å²) in [5, 5.41) is 10.2. The Bertz CT molecular complexity index is 796. The maximum absolute atomic E-state index is 12.6. The SMILES string of the molecule is COc1ccccc1C1=C(O)C(=O)N(Cc2ccccc2)C1=O. The van der Waals surface area contributed by atoms with Crippen LogP contribution >= 0.6 is 0 Å². The summed E-state index contributed by atoms with van der Waals surface area (Å²) < 4.78 is 5.22. The zero-order valence-corrected chi connectivity index (χ0v) is 12.5. The molecule has 0 bridgehead atoms. The molecule has 0 aromatic heterocycles. The number of amides is 2. The van der Waals surface area contributed by atoms with Crippen LogP contribution in [0.4, 0.5) is 0 Å². The molecule has 5 nitrogen and oxygen atoms in total. The highest BCUT2D eigenvalue weighted by atomic mass is 16.5. The number of nitrogens with zero attached hydrogens (tertiary/aromatic N) is 1.